The van der Waals surface area contributed by atoms with E-state index in [1.54, 1.807) is 7.11 Å². The molecule has 1 aliphatic rings. The number of amides is 1. The van der Waals surface area contributed by atoms with E-state index < -0.39 is 0 Å². The number of nitrogens with one attached hydrogen (secondary N) is 2. The maximum atomic E-state index is 11.8. The lowest BCUT2D eigenvalue weighted by molar-refractivity contribution is -0.125. The molecular formula is C11H23ClN2O2. The largest absolute Gasteiger partial charge is 0.383 e. The first kappa shape index (κ1) is 15.7. The Bertz CT molecular complexity index is 212. The van der Waals surface area contributed by atoms with Gasteiger partial charge in [-0.3, -0.25) is 4.79 Å². The number of carbonyl (C=O) groups excluding carboxylic acids is 1. The second kappa shape index (κ2) is 7.87. The predicted molar refractivity (Wildman–Crippen MR) is 66.9 cm³/mol. The number of hydrogen-bond acceptors (Lipinski definition) is 3. The summed E-state index contributed by atoms with van der Waals surface area (Å²) in [5, 5.41) is 6.29. The van der Waals surface area contributed by atoms with Crippen LogP contribution in [0.1, 0.15) is 20.3 Å². The molecule has 1 saturated heterocycles. The van der Waals surface area contributed by atoms with Crippen LogP contribution >= 0.6 is 12.4 Å². The van der Waals surface area contributed by atoms with Crippen LogP contribution in [0.25, 0.3) is 0 Å². The zero-order valence-electron chi connectivity index (χ0n) is 10.3. The van der Waals surface area contributed by atoms with Gasteiger partial charge in [0.15, 0.2) is 0 Å². The summed E-state index contributed by atoms with van der Waals surface area (Å²) in [6, 6.07) is 0.326. The molecule has 0 aromatic rings. The summed E-state index contributed by atoms with van der Waals surface area (Å²) >= 11 is 0. The van der Waals surface area contributed by atoms with Crippen molar-refractivity contribution in [3.63, 3.8) is 0 Å². The third-order valence-electron chi connectivity index (χ3n) is 2.93. The van der Waals surface area contributed by atoms with Crippen LogP contribution in [0, 0.1) is 11.8 Å². The smallest absolute Gasteiger partial charge is 0.224 e. The average Bonchev–Trinajstić information content (AvgIpc) is 2.66. The molecule has 1 amide bonds. The van der Waals surface area contributed by atoms with Gasteiger partial charge in [0.1, 0.15) is 0 Å². The second-order valence-corrected chi connectivity index (χ2v) is 4.40. The fourth-order valence-corrected chi connectivity index (χ4v) is 2.13. The van der Waals surface area contributed by atoms with Gasteiger partial charge in [-0.15, -0.1) is 12.4 Å². The minimum atomic E-state index is 0. The van der Waals surface area contributed by atoms with Crippen LogP contribution < -0.4 is 10.6 Å². The van der Waals surface area contributed by atoms with Gasteiger partial charge in [0.25, 0.3) is 0 Å². The predicted octanol–water partition coefficient (Wildman–Crippen LogP) is 0.805. The van der Waals surface area contributed by atoms with E-state index in [1.165, 1.54) is 0 Å². The van der Waals surface area contributed by atoms with Gasteiger partial charge >= 0.3 is 0 Å². The van der Waals surface area contributed by atoms with Crippen LogP contribution in [-0.2, 0) is 9.53 Å². The fraction of sp³-hybridized carbons (Fsp3) is 0.909. The molecule has 2 atom stereocenters. The molecule has 0 aromatic carbocycles. The van der Waals surface area contributed by atoms with Crippen LogP contribution in [0.2, 0.25) is 0 Å². The Hall–Kier alpha value is -0.320. The van der Waals surface area contributed by atoms with Gasteiger partial charge in [-0.2, -0.15) is 0 Å². The van der Waals surface area contributed by atoms with E-state index in [2.05, 4.69) is 24.5 Å². The van der Waals surface area contributed by atoms with Crippen LogP contribution in [0.3, 0.4) is 0 Å². The number of carbonyl (C=O) groups is 1. The molecule has 1 rings (SSSR count). The standard InChI is InChI=1S/C11H22N2O2.ClH/c1-8(2)10-9(4-5-12-10)11(14)13-6-7-15-3;/h8-10,12H,4-7H2,1-3H3,(H,13,14);1H. The van der Waals surface area contributed by atoms with Crippen LogP contribution in [0.5, 0.6) is 0 Å². The van der Waals surface area contributed by atoms with E-state index in [1.807, 2.05) is 0 Å². The zero-order chi connectivity index (χ0) is 11.3. The number of methoxy groups -OCH3 is 1. The minimum Gasteiger partial charge on any atom is -0.383 e. The highest BCUT2D eigenvalue weighted by Crippen LogP contribution is 2.21. The molecule has 4 nitrogen and oxygen atoms in total. The van der Waals surface area contributed by atoms with Gasteiger partial charge in [0.2, 0.25) is 5.91 Å². The van der Waals surface area contributed by atoms with Crippen LogP contribution in [0.4, 0.5) is 0 Å². The number of halogens is 1. The number of ether oxygens (including phenoxy) is 1. The van der Waals surface area contributed by atoms with Crippen LogP contribution in [0.15, 0.2) is 0 Å². The topological polar surface area (TPSA) is 50.4 Å². The zero-order valence-corrected chi connectivity index (χ0v) is 11.1. The number of hydrogen-bond donors (Lipinski definition) is 2. The van der Waals surface area contributed by atoms with Gasteiger partial charge in [0, 0.05) is 19.7 Å². The summed E-state index contributed by atoms with van der Waals surface area (Å²) in [4.78, 5) is 11.8. The third kappa shape index (κ3) is 4.28. The third-order valence-corrected chi connectivity index (χ3v) is 2.93. The van der Waals surface area contributed by atoms with Gasteiger partial charge in [0.05, 0.1) is 12.5 Å². The Morgan fingerprint density at radius 2 is 2.25 bits per heavy atom. The molecule has 5 heteroatoms. The van der Waals surface area contributed by atoms with Gasteiger partial charge < -0.3 is 15.4 Å². The van der Waals surface area contributed by atoms with E-state index in [9.17, 15) is 4.79 Å². The molecule has 1 heterocycles. The van der Waals surface area contributed by atoms with E-state index in [4.69, 9.17) is 4.74 Å². The Kier molecular flexibility index (Phi) is 7.72. The first-order valence-electron chi connectivity index (χ1n) is 5.67. The van der Waals surface area contributed by atoms with Crippen molar-refractivity contribution in [1.82, 2.24) is 10.6 Å². The van der Waals surface area contributed by atoms with Crippen molar-refractivity contribution in [3.8, 4) is 0 Å². The Balaban J connectivity index is 0.00000225. The van der Waals surface area contributed by atoms with E-state index in [-0.39, 0.29) is 24.2 Å². The Labute approximate surface area is 104 Å². The molecule has 0 aromatic heterocycles. The molecule has 0 saturated carbocycles. The Morgan fingerprint density at radius 3 is 2.81 bits per heavy atom. The van der Waals surface area contributed by atoms with Crippen LogP contribution in [-0.4, -0.2) is 38.8 Å². The van der Waals surface area contributed by atoms with E-state index >= 15 is 0 Å². The lowest BCUT2D eigenvalue weighted by atomic mass is 9.91. The maximum absolute atomic E-state index is 11.8. The lowest BCUT2D eigenvalue weighted by Crippen LogP contribution is -2.42. The summed E-state index contributed by atoms with van der Waals surface area (Å²) in [5.74, 6) is 0.795. The van der Waals surface area contributed by atoms with Crippen molar-refractivity contribution < 1.29 is 9.53 Å². The normalized spacial score (nSPS) is 24.2. The molecule has 2 N–H and O–H groups in total. The molecule has 0 spiro atoms. The molecule has 96 valence electrons. The van der Waals surface area contributed by atoms with Crippen molar-refractivity contribution in [3.05, 3.63) is 0 Å². The summed E-state index contributed by atoms with van der Waals surface area (Å²) in [6.07, 6.45) is 0.946. The van der Waals surface area contributed by atoms with Gasteiger partial charge in [-0.1, -0.05) is 13.8 Å². The summed E-state index contributed by atoms with van der Waals surface area (Å²) in [6.45, 7) is 6.44. The van der Waals surface area contributed by atoms with E-state index in [0.717, 1.165) is 13.0 Å². The van der Waals surface area contributed by atoms with Crippen molar-refractivity contribution >= 4 is 18.3 Å². The Morgan fingerprint density at radius 1 is 1.56 bits per heavy atom. The highest BCUT2D eigenvalue weighted by atomic mass is 35.5. The summed E-state index contributed by atoms with van der Waals surface area (Å²) < 4.78 is 4.90. The quantitative estimate of drug-likeness (QED) is 0.710. The molecule has 0 radical (unpaired) electrons. The fourth-order valence-electron chi connectivity index (χ4n) is 2.13. The van der Waals surface area contributed by atoms with Crippen molar-refractivity contribution in [2.24, 2.45) is 11.8 Å². The van der Waals surface area contributed by atoms with Crippen molar-refractivity contribution in [2.75, 3.05) is 26.8 Å². The minimum absolute atomic E-state index is 0. The average molecular weight is 251 g/mol. The van der Waals surface area contributed by atoms with Gasteiger partial charge in [-0.25, -0.2) is 0 Å². The van der Waals surface area contributed by atoms with Crippen molar-refractivity contribution in [2.45, 2.75) is 26.3 Å². The molecular weight excluding hydrogens is 228 g/mol. The lowest BCUT2D eigenvalue weighted by Gasteiger charge is -2.22. The first-order valence-corrected chi connectivity index (χ1v) is 5.67. The summed E-state index contributed by atoms with van der Waals surface area (Å²) in [7, 11) is 1.64. The highest BCUT2D eigenvalue weighted by molar-refractivity contribution is 5.85. The summed E-state index contributed by atoms with van der Waals surface area (Å²) in [5.41, 5.74) is 0. The molecule has 1 fully saturated rings. The maximum Gasteiger partial charge on any atom is 0.224 e. The van der Waals surface area contributed by atoms with Crippen molar-refractivity contribution in [1.29, 1.82) is 0 Å². The molecule has 0 aliphatic carbocycles. The number of rotatable bonds is 5. The van der Waals surface area contributed by atoms with E-state index in [0.29, 0.717) is 25.1 Å². The second-order valence-electron chi connectivity index (χ2n) is 4.40. The molecule has 16 heavy (non-hydrogen) atoms. The molecule has 1 aliphatic heterocycles. The first-order chi connectivity index (χ1) is 7.16. The molecule has 0 bridgehead atoms. The molecule has 2 unspecified atom stereocenters. The highest BCUT2D eigenvalue weighted by Gasteiger charge is 2.34. The SMILES string of the molecule is COCCNC(=O)C1CCNC1C(C)C.Cl. The monoisotopic (exact) mass is 250 g/mol. The van der Waals surface area contributed by atoms with Gasteiger partial charge in [-0.05, 0) is 18.9 Å².